The van der Waals surface area contributed by atoms with Gasteiger partial charge in [-0.1, -0.05) is 11.3 Å². The number of H-pyrrole nitrogens is 1. The zero-order valence-corrected chi connectivity index (χ0v) is 14.0. The van der Waals surface area contributed by atoms with Gasteiger partial charge in [-0.3, -0.25) is 9.59 Å². The molecular formula is C17H18N6O2. The Balaban J connectivity index is 1.51. The predicted octanol–water partition coefficient (Wildman–Crippen LogP) is 1.22. The van der Waals surface area contributed by atoms with Crippen LogP contribution in [-0.2, 0) is 17.9 Å². The lowest BCUT2D eigenvalue weighted by Crippen LogP contribution is -2.39. The Morgan fingerprint density at radius 2 is 2.24 bits per heavy atom. The maximum absolute atomic E-state index is 12.4. The summed E-state index contributed by atoms with van der Waals surface area (Å²) in [6, 6.07) is 7.10. The van der Waals surface area contributed by atoms with Gasteiger partial charge >= 0.3 is 0 Å². The van der Waals surface area contributed by atoms with Crippen molar-refractivity contribution in [1.82, 2.24) is 30.2 Å². The Kier molecular flexibility index (Phi) is 3.52. The van der Waals surface area contributed by atoms with Crippen LogP contribution in [0.3, 0.4) is 0 Å². The second-order valence-corrected chi connectivity index (χ2v) is 6.26. The van der Waals surface area contributed by atoms with Crippen molar-refractivity contribution < 1.29 is 9.59 Å². The molecule has 1 aliphatic heterocycles. The average molecular weight is 338 g/mol. The van der Waals surface area contributed by atoms with Crippen LogP contribution in [0.5, 0.6) is 0 Å². The number of rotatable bonds is 3. The van der Waals surface area contributed by atoms with Gasteiger partial charge in [-0.2, -0.15) is 0 Å². The van der Waals surface area contributed by atoms with Crippen LogP contribution in [-0.4, -0.2) is 43.7 Å². The Morgan fingerprint density at radius 1 is 1.40 bits per heavy atom. The van der Waals surface area contributed by atoms with Gasteiger partial charge < -0.3 is 15.2 Å². The average Bonchev–Trinajstić information content (AvgIpc) is 3.23. The lowest BCUT2D eigenvalue weighted by molar-refractivity contribution is -0.135. The third-order valence-electron chi connectivity index (χ3n) is 4.59. The molecule has 0 spiro atoms. The van der Waals surface area contributed by atoms with Gasteiger partial charge in [0.1, 0.15) is 11.7 Å². The minimum Gasteiger partial charge on any atom is -0.361 e. The molecule has 8 nitrogen and oxygen atoms in total. The zero-order valence-electron chi connectivity index (χ0n) is 14.0. The number of benzene rings is 1. The van der Waals surface area contributed by atoms with Gasteiger partial charge in [0.2, 0.25) is 5.91 Å². The van der Waals surface area contributed by atoms with Crippen LogP contribution < -0.4 is 5.32 Å². The summed E-state index contributed by atoms with van der Waals surface area (Å²) in [5.41, 5.74) is 3.04. The number of likely N-dealkylation sites (N-methyl/N-ethyl adjacent to an activating group) is 1. The molecule has 1 aliphatic rings. The van der Waals surface area contributed by atoms with E-state index in [1.807, 2.05) is 24.4 Å². The van der Waals surface area contributed by atoms with Crippen molar-refractivity contribution >= 4 is 22.7 Å². The number of aromatic amines is 1. The molecule has 0 aliphatic carbocycles. The van der Waals surface area contributed by atoms with Crippen molar-refractivity contribution in [3.63, 3.8) is 0 Å². The smallest absolute Gasteiger partial charge is 0.251 e. The minimum absolute atomic E-state index is 0.00670. The molecule has 4 rings (SSSR count). The molecule has 8 heteroatoms. The summed E-state index contributed by atoms with van der Waals surface area (Å²) in [4.78, 5) is 29.2. The third kappa shape index (κ3) is 2.55. The number of nitrogens with one attached hydrogen (secondary N) is 2. The quantitative estimate of drug-likeness (QED) is 0.750. The maximum atomic E-state index is 12.4. The van der Waals surface area contributed by atoms with Crippen LogP contribution in [0.1, 0.15) is 34.7 Å². The molecule has 3 aromatic rings. The van der Waals surface area contributed by atoms with Gasteiger partial charge in [0.05, 0.1) is 18.8 Å². The predicted molar refractivity (Wildman–Crippen MR) is 90.7 cm³/mol. The maximum Gasteiger partial charge on any atom is 0.251 e. The first kappa shape index (κ1) is 15.4. The Bertz CT molecular complexity index is 973. The molecule has 0 saturated heterocycles. The first-order valence-corrected chi connectivity index (χ1v) is 8.08. The molecule has 1 unspecified atom stereocenters. The highest BCUT2D eigenvalue weighted by molar-refractivity contribution is 5.97. The van der Waals surface area contributed by atoms with Crippen LogP contribution >= 0.6 is 0 Å². The van der Waals surface area contributed by atoms with E-state index in [-0.39, 0.29) is 24.4 Å². The summed E-state index contributed by atoms with van der Waals surface area (Å²) in [6.07, 6.45) is 1.84. The highest BCUT2D eigenvalue weighted by Crippen LogP contribution is 2.22. The topological polar surface area (TPSA) is 95.9 Å². The van der Waals surface area contributed by atoms with Crippen LogP contribution in [0.2, 0.25) is 0 Å². The van der Waals surface area contributed by atoms with Gasteiger partial charge in [-0.15, -0.1) is 5.10 Å². The molecule has 0 bridgehead atoms. The minimum atomic E-state index is -0.374. The third-order valence-corrected chi connectivity index (χ3v) is 4.59. The van der Waals surface area contributed by atoms with E-state index in [4.69, 9.17) is 0 Å². The van der Waals surface area contributed by atoms with Gasteiger partial charge in [-0.25, -0.2) is 4.68 Å². The number of aromatic nitrogens is 4. The first-order valence-electron chi connectivity index (χ1n) is 8.08. The molecule has 2 amide bonds. The summed E-state index contributed by atoms with van der Waals surface area (Å²) >= 11 is 0. The van der Waals surface area contributed by atoms with Gasteiger partial charge in [0.15, 0.2) is 0 Å². The van der Waals surface area contributed by atoms with Crippen molar-refractivity contribution in [2.24, 2.45) is 0 Å². The molecule has 1 aromatic carbocycles. The number of carbonyl (C=O) groups is 2. The molecule has 128 valence electrons. The number of nitrogens with zero attached hydrogens (tertiary/aromatic N) is 4. The molecule has 3 heterocycles. The highest BCUT2D eigenvalue weighted by Gasteiger charge is 2.31. The van der Waals surface area contributed by atoms with E-state index in [1.165, 1.54) is 0 Å². The van der Waals surface area contributed by atoms with Crippen molar-refractivity contribution in [3.05, 3.63) is 47.4 Å². The fourth-order valence-corrected chi connectivity index (χ4v) is 3.14. The van der Waals surface area contributed by atoms with E-state index in [2.05, 4.69) is 20.6 Å². The lowest BCUT2D eigenvalue weighted by Gasteiger charge is -2.28. The molecular weight excluding hydrogens is 320 g/mol. The van der Waals surface area contributed by atoms with Crippen LogP contribution in [0.4, 0.5) is 0 Å². The van der Waals surface area contributed by atoms with Crippen molar-refractivity contribution in [1.29, 1.82) is 0 Å². The van der Waals surface area contributed by atoms with E-state index < -0.39 is 0 Å². The van der Waals surface area contributed by atoms with Crippen molar-refractivity contribution in [2.75, 3.05) is 7.05 Å². The molecule has 1 atom stereocenters. The van der Waals surface area contributed by atoms with Crippen LogP contribution in [0.25, 0.3) is 10.9 Å². The standard InChI is InChI=1S/C17H18N6O2/c1-10-17(25)22(2)9-15-14(20-21-23(10)15)8-19-16(24)12-4-3-11-5-6-18-13(11)7-12/h3-7,10,18H,8-9H2,1-2H3,(H,19,24). The highest BCUT2D eigenvalue weighted by atomic mass is 16.2. The SMILES string of the molecule is CC1C(=O)N(C)Cc2c(CNC(=O)c3ccc4cc[nH]c4c3)nnn21. The van der Waals surface area contributed by atoms with Crippen molar-refractivity contribution in [3.8, 4) is 0 Å². The second-order valence-electron chi connectivity index (χ2n) is 6.26. The van der Waals surface area contributed by atoms with E-state index >= 15 is 0 Å². The summed E-state index contributed by atoms with van der Waals surface area (Å²) in [7, 11) is 1.75. The number of amides is 2. The summed E-state index contributed by atoms with van der Waals surface area (Å²) in [5.74, 6) is -0.168. The van der Waals surface area contributed by atoms with E-state index in [0.29, 0.717) is 17.8 Å². The largest absolute Gasteiger partial charge is 0.361 e. The summed E-state index contributed by atoms with van der Waals surface area (Å²) in [5, 5.41) is 12.1. The monoisotopic (exact) mass is 338 g/mol. The van der Waals surface area contributed by atoms with Crippen LogP contribution in [0.15, 0.2) is 30.5 Å². The number of hydrogen-bond acceptors (Lipinski definition) is 4. The van der Waals surface area contributed by atoms with E-state index in [9.17, 15) is 9.59 Å². The summed E-state index contributed by atoms with van der Waals surface area (Å²) in [6.45, 7) is 2.51. The summed E-state index contributed by atoms with van der Waals surface area (Å²) < 4.78 is 1.63. The second kappa shape index (κ2) is 5.73. The van der Waals surface area contributed by atoms with Crippen molar-refractivity contribution in [2.45, 2.75) is 26.1 Å². The number of hydrogen-bond donors (Lipinski definition) is 2. The molecule has 25 heavy (non-hydrogen) atoms. The molecule has 0 saturated carbocycles. The number of fused-ring (bicyclic) bond motifs is 2. The Morgan fingerprint density at radius 3 is 3.08 bits per heavy atom. The normalized spacial score (nSPS) is 17.0. The zero-order chi connectivity index (χ0) is 17.6. The lowest BCUT2D eigenvalue weighted by atomic mass is 10.1. The first-order chi connectivity index (χ1) is 12.0. The van der Waals surface area contributed by atoms with E-state index in [1.54, 1.807) is 29.6 Å². The fourth-order valence-electron chi connectivity index (χ4n) is 3.14. The fraction of sp³-hybridized carbons (Fsp3) is 0.294. The number of carbonyl (C=O) groups excluding carboxylic acids is 2. The van der Waals surface area contributed by atoms with Gasteiger partial charge in [-0.05, 0) is 30.5 Å². The van der Waals surface area contributed by atoms with Gasteiger partial charge in [0, 0.05) is 24.3 Å². The molecule has 2 N–H and O–H groups in total. The Labute approximate surface area is 143 Å². The molecule has 0 radical (unpaired) electrons. The molecule has 0 fully saturated rings. The molecule has 2 aromatic heterocycles. The Hall–Kier alpha value is -3.16. The van der Waals surface area contributed by atoms with Gasteiger partial charge in [0.25, 0.3) is 5.91 Å². The van der Waals surface area contributed by atoms with Crippen LogP contribution in [0, 0.1) is 0 Å². The van der Waals surface area contributed by atoms with E-state index in [0.717, 1.165) is 16.6 Å².